The second-order valence-corrected chi connectivity index (χ2v) is 8.22. The fourth-order valence-electron chi connectivity index (χ4n) is 2.64. The summed E-state index contributed by atoms with van der Waals surface area (Å²) in [7, 11) is -3.61. The van der Waals surface area contributed by atoms with Gasteiger partial charge >= 0.3 is 5.97 Å². The minimum atomic E-state index is -3.61. The molecular weight excluding hydrogens is 404 g/mol. The number of carbonyl (C=O) groups is 2. The van der Waals surface area contributed by atoms with E-state index in [2.05, 4.69) is 5.32 Å². The fraction of sp³-hybridized carbons (Fsp3) is 0.444. The Bertz CT molecular complexity index is 876. The molecule has 1 atom stereocenters. The molecule has 0 radical (unpaired) electrons. The summed E-state index contributed by atoms with van der Waals surface area (Å²) in [5.41, 5.74) is 0.371. The molecular formula is C18H22N2O8S. The van der Waals surface area contributed by atoms with Crippen LogP contribution < -0.4 is 5.32 Å². The van der Waals surface area contributed by atoms with Crippen molar-refractivity contribution in [2.75, 3.05) is 44.8 Å². The highest BCUT2D eigenvalue weighted by Gasteiger charge is 2.27. The molecule has 2 aliphatic rings. The molecule has 0 aliphatic carbocycles. The summed E-state index contributed by atoms with van der Waals surface area (Å²) in [5, 5.41) is 2.57. The zero-order valence-corrected chi connectivity index (χ0v) is 16.6. The van der Waals surface area contributed by atoms with Crippen molar-refractivity contribution in [3.05, 3.63) is 36.3 Å². The molecule has 0 bridgehead atoms. The Kier molecular flexibility index (Phi) is 6.72. The van der Waals surface area contributed by atoms with Gasteiger partial charge in [-0.2, -0.15) is 4.31 Å². The SMILES string of the molecule is C[C@H](OC(=O)C1=COCCO1)C(=O)Nc1ccc(S(=O)(=O)N2CCOCC2)cc1. The molecule has 1 amide bonds. The highest BCUT2D eigenvalue weighted by Crippen LogP contribution is 2.20. The molecule has 1 aromatic rings. The molecule has 2 aliphatic heterocycles. The smallest absolute Gasteiger partial charge is 0.377 e. The summed E-state index contributed by atoms with van der Waals surface area (Å²) in [6.45, 7) is 3.29. The van der Waals surface area contributed by atoms with Crippen LogP contribution in [0.25, 0.3) is 0 Å². The number of rotatable bonds is 6. The predicted molar refractivity (Wildman–Crippen MR) is 100 cm³/mol. The van der Waals surface area contributed by atoms with E-state index >= 15 is 0 Å². The Morgan fingerprint density at radius 2 is 1.79 bits per heavy atom. The third-order valence-electron chi connectivity index (χ3n) is 4.23. The minimum absolute atomic E-state index is 0.103. The van der Waals surface area contributed by atoms with Crippen molar-refractivity contribution >= 4 is 27.6 Å². The van der Waals surface area contributed by atoms with Gasteiger partial charge in [0.2, 0.25) is 15.8 Å². The van der Waals surface area contributed by atoms with Crippen molar-refractivity contribution in [1.29, 1.82) is 0 Å². The molecule has 0 aromatic heterocycles. The molecule has 0 unspecified atom stereocenters. The van der Waals surface area contributed by atoms with Gasteiger partial charge in [0.15, 0.2) is 6.10 Å². The van der Waals surface area contributed by atoms with Crippen LogP contribution in [0.3, 0.4) is 0 Å². The predicted octanol–water partition coefficient (Wildman–Crippen LogP) is 0.466. The number of hydrogen-bond donors (Lipinski definition) is 1. The van der Waals surface area contributed by atoms with Gasteiger partial charge in [-0.05, 0) is 31.2 Å². The first kappa shape index (κ1) is 21.1. The van der Waals surface area contributed by atoms with Crippen LogP contribution in [0.15, 0.2) is 41.2 Å². The Morgan fingerprint density at radius 1 is 1.10 bits per heavy atom. The largest absolute Gasteiger partial charge is 0.493 e. The number of sulfonamides is 1. The lowest BCUT2D eigenvalue weighted by Crippen LogP contribution is -2.40. The number of anilines is 1. The molecule has 0 spiro atoms. The molecule has 0 saturated carbocycles. The third-order valence-corrected chi connectivity index (χ3v) is 6.15. The van der Waals surface area contributed by atoms with E-state index in [0.29, 0.717) is 38.6 Å². The highest BCUT2D eigenvalue weighted by molar-refractivity contribution is 7.89. The number of benzene rings is 1. The summed E-state index contributed by atoms with van der Waals surface area (Å²) in [5.74, 6) is -1.48. The summed E-state index contributed by atoms with van der Waals surface area (Å²) >= 11 is 0. The van der Waals surface area contributed by atoms with Gasteiger partial charge in [-0.15, -0.1) is 0 Å². The second-order valence-electron chi connectivity index (χ2n) is 6.28. The first-order chi connectivity index (χ1) is 13.9. The van der Waals surface area contributed by atoms with E-state index in [9.17, 15) is 18.0 Å². The van der Waals surface area contributed by atoms with Crippen LogP contribution in [0.1, 0.15) is 6.92 Å². The van der Waals surface area contributed by atoms with Crippen LogP contribution in [0.5, 0.6) is 0 Å². The summed E-state index contributed by atoms with van der Waals surface area (Å²) in [4.78, 5) is 24.3. The summed E-state index contributed by atoms with van der Waals surface area (Å²) < 4.78 is 46.8. The second kappa shape index (κ2) is 9.25. The van der Waals surface area contributed by atoms with E-state index < -0.39 is 28.0 Å². The number of carbonyl (C=O) groups excluding carboxylic acids is 2. The van der Waals surface area contributed by atoms with E-state index in [1.807, 2.05) is 0 Å². The quantitative estimate of drug-likeness (QED) is 0.652. The van der Waals surface area contributed by atoms with Crippen LogP contribution >= 0.6 is 0 Å². The maximum absolute atomic E-state index is 12.6. The van der Waals surface area contributed by atoms with Gasteiger partial charge in [0, 0.05) is 18.8 Å². The monoisotopic (exact) mass is 426 g/mol. The molecule has 1 N–H and O–H groups in total. The van der Waals surface area contributed by atoms with Gasteiger partial charge in [-0.25, -0.2) is 13.2 Å². The van der Waals surface area contributed by atoms with Crippen LogP contribution in [0.4, 0.5) is 5.69 Å². The van der Waals surface area contributed by atoms with E-state index in [-0.39, 0.29) is 17.3 Å². The molecule has 10 nitrogen and oxygen atoms in total. The van der Waals surface area contributed by atoms with Gasteiger partial charge in [0.1, 0.15) is 19.5 Å². The van der Waals surface area contributed by atoms with Gasteiger partial charge < -0.3 is 24.3 Å². The average Bonchev–Trinajstić information content (AvgIpc) is 2.75. The van der Waals surface area contributed by atoms with Crippen molar-refractivity contribution in [3.8, 4) is 0 Å². The number of esters is 1. The first-order valence-electron chi connectivity index (χ1n) is 9.02. The Morgan fingerprint density at radius 3 is 2.41 bits per heavy atom. The Hall–Kier alpha value is -2.63. The van der Waals surface area contributed by atoms with Gasteiger partial charge in [-0.3, -0.25) is 4.79 Å². The molecule has 29 heavy (non-hydrogen) atoms. The zero-order valence-electron chi connectivity index (χ0n) is 15.8. The van der Waals surface area contributed by atoms with Crippen LogP contribution in [-0.2, 0) is 38.6 Å². The fourth-order valence-corrected chi connectivity index (χ4v) is 4.05. The number of ether oxygens (including phenoxy) is 4. The van der Waals surface area contributed by atoms with Crippen molar-refractivity contribution in [3.63, 3.8) is 0 Å². The number of amides is 1. The van der Waals surface area contributed by atoms with Crippen LogP contribution in [0.2, 0.25) is 0 Å². The van der Waals surface area contributed by atoms with Crippen molar-refractivity contribution in [2.45, 2.75) is 17.9 Å². The standard InChI is InChI=1S/C18H22N2O8S/c1-13(28-18(22)16-12-26-10-11-27-16)17(21)19-14-2-4-15(5-3-14)29(23,24)20-6-8-25-9-7-20/h2-5,12-13H,6-11H2,1H3,(H,19,21)/t13-/m0/s1. The topological polar surface area (TPSA) is 120 Å². The van der Waals surface area contributed by atoms with E-state index in [1.165, 1.54) is 35.5 Å². The normalized spacial score (nSPS) is 18.6. The van der Waals surface area contributed by atoms with E-state index in [4.69, 9.17) is 18.9 Å². The van der Waals surface area contributed by atoms with Crippen LogP contribution in [-0.4, -0.2) is 70.2 Å². The summed E-state index contributed by atoms with van der Waals surface area (Å²) in [6, 6.07) is 5.77. The van der Waals surface area contributed by atoms with Crippen molar-refractivity contribution in [1.82, 2.24) is 4.31 Å². The maximum atomic E-state index is 12.6. The molecule has 1 aromatic carbocycles. The van der Waals surface area contributed by atoms with E-state index in [0.717, 1.165) is 6.26 Å². The maximum Gasteiger partial charge on any atom is 0.377 e. The average molecular weight is 426 g/mol. The Labute approximate surface area is 168 Å². The first-order valence-corrected chi connectivity index (χ1v) is 10.5. The lowest BCUT2D eigenvalue weighted by Gasteiger charge is -2.26. The number of nitrogens with zero attached hydrogens (tertiary/aromatic N) is 1. The molecule has 3 rings (SSSR count). The van der Waals surface area contributed by atoms with Crippen molar-refractivity contribution in [2.24, 2.45) is 0 Å². The number of nitrogens with one attached hydrogen (secondary N) is 1. The third kappa shape index (κ3) is 5.25. The van der Waals surface area contributed by atoms with E-state index in [1.54, 1.807) is 0 Å². The molecule has 2 heterocycles. The lowest BCUT2D eigenvalue weighted by molar-refractivity contribution is -0.153. The lowest BCUT2D eigenvalue weighted by atomic mass is 10.3. The van der Waals surface area contributed by atoms with Gasteiger partial charge in [0.25, 0.3) is 5.91 Å². The number of morpholine rings is 1. The molecule has 1 saturated heterocycles. The Balaban J connectivity index is 1.58. The zero-order chi connectivity index (χ0) is 20.9. The van der Waals surface area contributed by atoms with Gasteiger partial charge in [0.05, 0.1) is 18.1 Å². The molecule has 1 fully saturated rings. The van der Waals surface area contributed by atoms with Gasteiger partial charge in [-0.1, -0.05) is 0 Å². The van der Waals surface area contributed by atoms with Crippen molar-refractivity contribution < 1.29 is 37.0 Å². The summed E-state index contributed by atoms with van der Waals surface area (Å²) in [6.07, 6.45) is 0.0510. The minimum Gasteiger partial charge on any atom is -0.493 e. The molecule has 11 heteroatoms. The highest BCUT2D eigenvalue weighted by atomic mass is 32.2. The number of hydrogen-bond acceptors (Lipinski definition) is 8. The molecule has 158 valence electrons. The van der Waals surface area contributed by atoms with Crippen LogP contribution in [0, 0.1) is 0 Å².